The molecule has 0 saturated heterocycles. The molecule has 0 N–H and O–H groups in total. The van der Waals surface area contributed by atoms with E-state index in [1.807, 2.05) is 43.3 Å². The Hall–Kier alpha value is -2.27. The third-order valence-corrected chi connectivity index (χ3v) is 4.36. The molecule has 0 spiro atoms. The van der Waals surface area contributed by atoms with Gasteiger partial charge in [0.25, 0.3) is 0 Å². The molecule has 3 rings (SSSR count). The van der Waals surface area contributed by atoms with Crippen LogP contribution in [0.4, 0.5) is 5.69 Å². The van der Waals surface area contributed by atoms with Crippen molar-refractivity contribution >= 4 is 17.0 Å². The van der Waals surface area contributed by atoms with Crippen molar-refractivity contribution in [1.29, 1.82) is 0 Å². The molecule has 2 heterocycles. The summed E-state index contributed by atoms with van der Waals surface area (Å²) < 4.78 is 13.3. The third kappa shape index (κ3) is 3.79. The topological polar surface area (TPSA) is 39.7 Å². The van der Waals surface area contributed by atoms with E-state index in [-0.39, 0.29) is 0 Å². The quantitative estimate of drug-likeness (QED) is 0.625. The fraction of sp³-hybridized carbons (Fsp3) is 0.316. The maximum atomic E-state index is 5.58. The van der Waals surface area contributed by atoms with E-state index < -0.39 is 0 Å². The highest BCUT2D eigenvalue weighted by Gasteiger charge is 2.11. The summed E-state index contributed by atoms with van der Waals surface area (Å²) in [5.74, 6) is 2.27. The third-order valence-electron chi connectivity index (χ3n) is 3.49. The minimum atomic E-state index is 0.521. The lowest BCUT2D eigenvalue weighted by atomic mass is 10.2. The van der Waals surface area contributed by atoms with Crippen molar-refractivity contribution in [1.82, 2.24) is 4.57 Å². The van der Waals surface area contributed by atoms with Crippen LogP contribution in [0.25, 0.3) is 11.5 Å². The van der Waals surface area contributed by atoms with Crippen molar-refractivity contribution in [3.8, 4) is 17.2 Å². The van der Waals surface area contributed by atoms with E-state index in [0.717, 1.165) is 34.2 Å². The van der Waals surface area contributed by atoms with Gasteiger partial charge in [-0.15, -0.1) is 11.3 Å². The number of benzene rings is 1. The highest BCUT2D eigenvalue weighted by molar-refractivity contribution is 7.07. The Morgan fingerprint density at radius 2 is 2.00 bits per heavy atom. The minimum Gasteiger partial charge on any atom is -0.494 e. The number of nitrogens with zero attached hydrogens (tertiary/aromatic N) is 2. The zero-order valence-electron chi connectivity index (χ0n) is 14.2. The minimum absolute atomic E-state index is 0.521. The molecule has 0 bridgehead atoms. The van der Waals surface area contributed by atoms with Crippen LogP contribution in [0.2, 0.25) is 0 Å². The van der Waals surface area contributed by atoms with Gasteiger partial charge in [0.1, 0.15) is 5.75 Å². The molecule has 0 aliphatic heterocycles. The van der Waals surface area contributed by atoms with Crippen LogP contribution in [0.15, 0.2) is 57.5 Å². The molecule has 0 unspecified atom stereocenters. The summed E-state index contributed by atoms with van der Waals surface area (Å²) in [6.07, 6.45) is 1.70. The van der Waals surface area contributed by atoms with Gasteiger partial charge in [-0.2, -0.15) is 0 Å². The van der Waals surface area contributed by atoms with E-state index in [1.165, 1.54) is 0 Å². The highest BCUT2D eigenvalue weighted by Crippen LogP contribution is 2.23. The second kappa shape index (κ2) is 7.53. The van der Waals surface area contributed by atoms with Crippen LogP contribution in [-0.2, 0) is 6.54 Å². The Morgan fingerprint density at radius 3 is 2.62 bits per heavy atom. The summed E-state index contributed by atoms with van der Waals surface area (Å²) in [6.45, 7) is 7.96. The number of ether oxygens (including phenoxy) is 1. The summed E-state index contributed by atoms with van der Waals surface area (Å²) in [7, 11) is 0. The van der Waals surface area contributed by atoms with Crippen molar-refractivity contribution in [2.75, 3.05) is 6.61 Å². The molecule has 0 aliphatic rings. The molecule has 5 heteroatoms. The van der Waals surface area contributed by atoms with Gasteiger partial charge in [-0.1, -0.05) is 13.8 Å². The van der Waals surface area contributed by atoms with Crippen molar-refractivity contribution in [2.24, 2.45) is 10.9 Å². The van der Waals surface area contributed by atoms with E-state index in [4.69, 9.17) is 14.1 Å². The Labute approximate surface area is 146 Å². The van der Waals surface area contributed by atoms with Gasteiger partial charge in [-0.25, -0.2) is 4.99 Å². The molecule has 0 fully saturated rings. The lowest BCUT2D eigenvalue weighted by molar-refractivity contribution is 0.340. The Morgan fingerprint density at radius 1 is 1.21 bits per heavy atom. The van der Waals surface area contributed by atoms with Crippen LogP contribution in [0, 0.1) is 5.92 Å². The molecule has 0 atom stereocenters. The summed E-state index contributed by atoms with van der Waals surface area (Å²) in [5, 5.41) is 2.11. The summed E-state index contributed by atoms with van der Waals surface area (Å²) >= 11 is 1.63. The van der Waals surface area contributed by atoms with Crippen LogP contribution in [0.1, 0.15) is 20.8 Å². The maximum Gasteiger partial charge on any atom is 0.190 e. The van der Waals surface area contributed by atoms with Gasteiger partial charge in [0, 0.05) is 11.9 Å². The molecule has 2 aromatic heterocycles. The molecule has 0 aliphatic carbocycles. The predicted octanol–water partition coefficient (Wildman–Crippen LogP) is 5.10. The van der Waals surface area contributed by atoms with Crippen molar-refractivity contribution < 1.29 is 9.15 Å². The average Bonchev–Trinajstić information content (AvgIpc) is 3.20. The van der Waals surface area contributed by atoms with Crippen LogP contribution in [0.5, 0.6) is 5.75 Å². The van der Waals surface area contributed by atoms with Crippen molar-refractivity contribution in [2.45, 2.75) is 27.3 Å². The van der Waals surface area contributed by atoms with Gasteiger partial charge in [0.15, 0.2) is 10.6 Å². The van der Waals surface area contributed by atoms with Crippen LogP contribution in [0.3, 0.4) is 0 Å². The molecule has 4 nitrogen and oxygen atoms in total. The predicted molar refractivity (Wildman–Crippen MR) is 97.7 cm³/mol. The zero-order chi connectivity index (χ0) is 16.9. The van der Waals surface area contributed by atoms with Gasteiger partial charge in [-0.3, -0.25) is 0 Å². The standard InChI is InChI=1S/C19H22N2O2S/c1-4-22-16-9-7-15(8-10-16)20-19-21(12-14(2)3)17(13-24-19)18-6-5-11-23-18/h5-11,13-14H,4,12H2,1-3H3. The first kappa shape index (κ1) is 16.6. The van der Waals surface area contributed by atoms with E-state index in [9.17, 15) is 0 Å². The monoisotopic (exact) mass is 342 g/mol. The molecule has 126 valence electrons. The van der Waals surface area contributed by atoms with Crippen molar-refractivity contribution in [3.05, 3.63) is 52.8 Å². The van der Waals surface area contributed by atoms with Crippen LogP contribution in [-0.4, -0.2) is 11.2 Å². The van der Waals surface area contributed by atoms with Gasteiger partial charge in [0.2, 0.25) is 0 Å². The second-order valence-corrected chi connectivity index (χ2v) is 6.76. The average molecular weight is 342 g/mol. The first-order valence-electron chi connectivity index (χ1n) is 8.17. The normalized spacial score (nSPS) is 12.1. The summed E-state index contributed by atoms with van der Waals surface area (Å²) in [5.41, 5.74) is 1.99. The molecular formula is C19H22N2O2S. The number of aromatic nitrogens is 1. The van der Waals surface area contributed by atoms with Gasteiger partial charge < -0.3 is 13.7 Å². The molecule has 24 heavy (non-hydrogen) atoms. The Balaban J connectivity index is 2.00. The van der Waals surface area contributed by atoms with Crippen molar-refractivity contribution in [3.63, 3.8) is 0 Å². The largest absolute Gasteiger partial charge is 0.494 e. The number of rotatable bonds is 6. The first-order valence-corrected chi connectivity index (χ1v) is 9.05. The highest BCUT2D eigenvalue weighted by atomic mass is 32.1. The second-order valence-electron chi connectivity index (χ2n) is 5.92. The lowest BCUT2D eigenvalue weighted by Crippen LogP contribution is -2.18. The maximum absolute atomic E-state index is 5.58. The van der Waals surface area contributed by atoms with Gasteiger partial charge in [0.05, 0.1) is 24.3 Å². The van der Waals surface area contributed by atoms with E-state index in [0.29, 0.717) is 12.5 Å². The Bertz CT molecular complexity index is 827. The van der Waals surface area contributed by atoms with E-state index >= 15 is 0 Å². The van der Waals surface area contributed by atoms with Gasteiger partial charge in [-0.05, 0) is 49.2 Å². The van der Waals surface area contributed by atoms with E-state index in [2.05, 4.69) is 23.8 Å². The first-order chi connectivity index (χ1) is 11.7. The SMILES string of the molecule is CCOc1ccc(N=c2scc(-c3ccco3)n2CC(C)C)cc1. The number of thiazole rings is 1. The fourth-order valence-corrected chi connectivity index (χ4v) is 3.40. The number of hydrogen-bond acceptors (Lipinski definition) is 4. The van der Waals surface area contributed by atoms with Gasteiger partial charge >= 0.3 is 0 Å². The molecule has 0 amide bonds. The number of furan rings is 1. The summed E-state index contributed by atoms with van der Waals surface area (Å²) in [4.78, 5) is 5.78. The van der Waals surface area contributed by atoms with E-state index in [1.54, 1.807) is 17.6 Å². The van der Waals surface area contributed by atoms with Crippen LogP contribution >= 0.6 is 11.3 Å². The number of hydrogen-bond donors (Lipinski definition) is 0. The smallest absolute Gasteiger partial charge is 0.190 e. The zero-order valence-corrected chi connectivity index (χ0v) is 15.0. The molecule has 1 aromatic carbocycles. The van der Waals surface area contributed by atoms with Crippen LogP contribution < -0.4 is 9.54 Å². The molecular weight excluding hydrogens is 320 g/mol. The summed E-state index contributed by atoms with van der Waals surface area (Å²) in [6, 6.07) is 11.8. The molecule has 0 radical (unpaired) electrons. The molecule has 3 aromatic rings. The molecule has 0 saturated carbocycles. The Kier molecular flexibility index (Phi) is 5.20. The lowest BCUT2D eigenvalue weighted by Gasteiger charge is -2.10. The fourth-order valence-electron chi connectivity index (χ4n) is 2.48.